The van der Waals surface area contributed by atoms with Gasteiger partial charge in [-0.15, -0.1) is 0 Å². The van der Waals surface area contributed by atoms with Gasteiger partial charge in [-0.1, -0.05) is 13.8 Å². The fourth-order valence-electron chi connectivity index (χ4n) is 1.69. The summed E-state index contributed by atoms with van der Waals surface area (Å²) in [6.45, 7) is 8.16. The van der Waals surface area contributed by atoms with E-state index in [0.29, 0.717) is 0 Å². The van der Waals surface area contributed by atoms with Crippen molar-refractivity contribution in [2.45, 2.75) is 20.3 Å². The highest BCUT2D eigenvalue weighted by molar-refractivity contribution is 7.85. The molecule has 1 fully saturated rings. The molecule has 4 heteroatoms. The summed E-state index contributed by atoms with van der Waals surface area (Å²) in [6, 6.07) is 0. The molecule has 14 heavy (non-hydrogen) atoms. The molecule has 0 aromatic carbocycles. The minimum Gasteiger partial charge on any atom is -0.330 e. The van der Waals surface area contributed by atoms with E-state index in [2.05, 4.69) is 18.7 Å². The fraction of sp³-hybridized carbons (Fsp3) is 1.00. The zero-order chi connectivity index (χ0) is 10.6. The third-order valence-electron chi connectivity index (χ3n) is 3.22. The second-order valence-corrected chi connectivity index (χ2v) is 6.19. The molecule has 0 aromatic rings. The SMILES string of the molecule is CCC(C)(CN)CN1CCS(=O)CC1. The van der Waals surface area contributed by atoms with Gasteiger partial charge < -0.3 is 10.6 Å². The highest BCUT2D eigenvalue weighted by atomic mass is 32.2. The maximum absolute atomic E-state index is 11.2. The molecule has 0 aliphatic carbocycles. The predicted molar refractivity (Wildman–Crippen MR) is 61.8 cm³/mol. The van der Waals surface area contributed by atoms with Crippen LogP contribution in [-0.2, 0) is 10.8 Å². The van der Waals surface area contributed by atoms with Gasteiger partial charge in [-0.2, -0.15) is 0 Å². The Morgan fingerprint density at radius 1 is 1.43 bits per heavy atom. The standard InChI is InChI=1S/C10H22N2OS/c1-3-10(2,8-11)9-12-4-6-14(13)7-5-12/h3-9,11H2,1-2H3. The molecule has 2 N–H and O–H groups in total. The van der Waals surface area contributed by atoms with Gasteiger partial charge in [0.2, 0.25) is 0 Å². The molecule has 1 aliphatic heterocycles. The minimum atomic E-state index is -0.566. The van der Waals surface area contributed by atoms with Gasteiger partial charge in [0.05, 0.1) is 0 Å². The van der Waals surface area contributed by atoms with Crippen LogP contribution in [0, 0.1) is 5.41 Å². The molecule has 1 heterocycles. The first kappa shape index (κ1) is 12.1. The molecule has 0 amide bonds. The zero-order valence-electron chi connectivity index (χ0n) is 9.29. The van der Waals surface area contributed by atoms with Crippen LogP contribution in [0.1, 0.15) is 20.3 Å². The van der Waals surface area contributed by atoms with Crippen molar-refractivity contribution in [3.05, 3.63) is 0 Å². The third kappa shape index (κ3) is 3.33. The number of rotatable bonds is 4. The van der Waals surface area contributed by atoms with Crippen LogP contribution in [0.4, 0.5) is 0 Å². The van der Waals surface area contributed by atoms with E-state index in [-0.39, 0.29) is 5.41 Å². The Kier molecular flexibility index (Phi) is 4.54. The lowest BCUT2D eigenvalue weighted by molar-refractivity contribution is 0.175. The Bertz CT molecular complexity index is 194. The van der Waals surface area contributed by atoms with Crippen molar-refractivity contribution in [2.24, 2.45) is 11.1 Å². The number of nitrogens with zero attached hydrogens (tertiary/aromatic N) is 1. The maximum atomic E-state index is 11.2. The molecule has 0 saturated carbocycles. The summed E-state index contributed by atoms with van der Waals surface area (Å²) in [6.07, 6.45) is 1.11. The van der Waals surface area contributed by atoms with E-state index < -0.39 is 10.8 Å². The number of nitrogens with two attached hydrogens (primary N) is 1. The average molecular weight is 218 g/mol. The maximum Gasteiger partial charge on any atom is 0.0363 e. The van der Waals surface area contributed by atoms with Gasteiger partial charge in [0, 0.05) is 41.9 Å². The normalized spacial score (nSPS) is 24.8. The molecule has 0 bridgehead atoms. The second-order valence-electron chi connectivity index (χ2n) is 4.49. The van der Waals surface area contributed by atoms with Crippen LogP contribution >= 0.6 is 0 Å². The summed E-state index contributed by atoms with van der Waals surface area (Å²) < 4.78 is 11.2. The summed E-state index contributed by atoms with van der Waals surface area (Å²) >= 11 is 0. The smallest absolute Gasteiger partial charge is 0.0363 e. The fourth-order valence-corrected chi connectivity index (χ4v) is 2.82. The van der Waals surface area contributed by atoms with Gasteiger partial charge in [-0.3, -0.25) is 4.21 Å². The highest BCUT2D eigenvalue weighted by Gasteiger charge is 2.25. The van der Waals surface area contributed by atoms with E-state index >= 15 is 0 Å². The lowest BCUT2D eigenvalue weighted by Gasteiger charge is -2.35. The molecule has 0 aromatic heterocycles. The monoisotopic (exact) mass is 218 g/mol. The van der Waals surface area contributed by atoms with E-state index in [9.17, 15) is 4.21 Å². The molecule has 0 radical (unpaired) electrons. The molecule has 1 unspecified atom stereocenters. The van der Waals surface area contributed by atoms with E-state index in [1.165, 1.54) is 0 Å². The van der Waals surface area contributed by atoms with E-state index in [4.69, 9.17) is 5.73 Å². The topological polar surface area (TPSA) is 46.3 Å². The average Bonchev–Trinajstić information content (AvgIpc) is 2.21. The van der Waals surface area contributed by atoms with E-state index in [1.54, 1.807) is 0 Å². The first-order valence-corrected chi connectivity index (χ1v) is 6.86. The van der Waals surface area contributed by atoms with Crippen molar-refractivity contribution in [2.75, 3.05) is 37.7 Å². The minimum absolute atomic E-state index is 0.235. The first-order chi connectivity index (χ1) is 6.59. The Labute approximate surface area is 89.5 Å². The Hall–Kier alpha value is 0.0700. The van der Waals surface area contributed by atoms with Gasteiger partial charge in [-0.05, 0) is 18.4 Å². The van der Waals surface area contributed by atoms with Gasteiger partial charge in [0.15, 0.2) is 0 Å². The van der Waals surface area contributed by atoms with Gasteiger partial charge in [-0.25, -0.2) is 0 Å². The number of hydrogen-bond acceptors (Lipinski definition) is 3. The zero-order valence-corrected chi connectivity index (χ0v) is 10.1. The molecular weight excluding hydrogens is 196 g/mol. The lowest BCUT2D eigenvalue weighted by Crippen LogP contribution is -2.45. The summed E-state index contributed by atoms with van der Waals surface area (Å²) in [4.78, 5) is 2.40. The van der Waals surface area contributed by atoms with Gasteiger partial charge in [0.1, 0.15) is 0 Å². The van der Waals surface area contributed by atoms with Crippen LogP contribution in [0.3, 0.4) is 0 Å². The molecule has 1 rings (SSSR count). The summed E-state index contributed by atoms with van der Waals surface area (Å²) in [5.41, 5.74) is 6.01. The largest absolute Gasteiger partial charge is 0.330 e. The molecule has 3 nitrogen and oxygen atoms in total. The quantitative estimate of drug-likeness (QED) is 0.744. The van der Waals surface area contributed by atoms with Crippen LogP contribution in [-0.4, -0.2) is 46.8 Å². The van der Waals surface area contributed by atoms with E-state index in [0.717, 1.165) is 44.1 Å². The van der Waals surface area contributed by atoms with Gasteiger partial charge >= 0.3 is 0 Å². The second kappa shape index (κ2) is 5.24. The van der Waals surface area contributed by atoms with Crippen molar-refractivity contribution >= 4 is 10.8 Å². The Morgan fingerprint density at radius 2 is 2.00 bits per heavy atom. The molecule has 84 valence electrons. The number of hydrogen-bond donors (Lipinski definition) is 1. The lowest BCUT2D eigenvalue weighted by atomic mass is 9.87. The van der Waals surface area contributed by atoms with Crippen LogP contribution in [0.5, 0.6) is 0 Å². The van der Waals surface area contributed by atoms with Crippen molar-refractivity contribution in [3.63, 3.8) is 0 Å². The molecule has 1 aliphatic rings. The summed E-state index contributed by atoms with van der Waals surface area (Å²) in [5, 5.41) is 0. The van der Waals surface area contributed by atoms with Crippen LogP contribution in [0.25, 0.3) is 0 Å². The molecule has 1 saturated heterocycles. The van der Waals surface area contributed by atoms with E-state index in [1.807, 2.05) is 0 Å². The summed E-state index contributed by atoms with van der Waals surface area (Å²) in [7, 11) is -0.566. The summed E-state index contributed by atoms with van der Waals surface area (Å²) in [5.74, 6) is 1.68. The van der Waals surface area contributed by atoms with Crippen molar-refractivity contribution in [1.29, 1.82) is 0 Å². The van der Waals surface area contributed by atoms with Crippen molar-refractivity contribution in [1.82, 2.24) is 4.90 Å². The van der Waals surface area contributed by atoms with Crippen LogP contribution in [0.15, 0.2) is 0 Å². The molecular formula is C10H22N2OS. The van der Waals surface area contributed by atoms with Gasteiger partial charge in [0.25, 0.3) is 0 Å². The predicted octanol–water partition coefficient (Wildman–Crippen LogP) is 0.426. The molecule has 0 spiro atoms. The van der Waals surface area contributed by atoms with Crippen LogP contribution in [0.2, 0.25) is 0 Å². The third-order valence-corrected chi connectivity index (χ3v) is 4.50. The van der Waals surface area contributed by atoms with Crippen molar-refractivity contribution < 1.29 is 4.21 Å². The Morgan fingerprint density at radius 3 is 2.43 bits per heavy atom. The highest BCUT2D eigenvalue weighted by Crippen LogP contribution is 2.21. The first-order valence-electron chi connectivity index (χ1n) is 5.37. The Balaban J connectivity index is 2.40. The van der Waals surface area contributed by atoms with Crippen molar-refractivity contribution in [3.8, 4) is 0 Å². The van der Waals surface area contributed by atoms with Crippen LogP contribution < -0.4 is 5.73 Å². The molecule has 1 atom stereocenters.